The van der Waals surface area contributed by atoms with E-state index in [4.69, 9.17) is 19.0 Å². The van der Waals surface area contributed by atoms with Gasteiger partial charge in [0.25, 0.3) is 0 Å². The van der Waals surface area contributed by atoms with Gasteiger partial charge in [0.05, 0.1) is 0 Å². The molecule has 0 aromatic rings. The zero-order chi connectivity index (χ0) is 13.3. The molecule has 0 fully saturated rings. The van der Waals surface area contributed by atoms with Gasteiger partial charge in [0, 0.05) is 32.4 Å². The molecule has 0 aromatic heterocycles. The van der Waals surface area contributed by atoms with Crippen LogP contribution in [0.15, 0.2) is 0 Å². The van der Waals surface area contributed by atoms with Gasteiger partial charge in [-0.15, -0.1) is 0 Å². The highest BCUT2D eigenvalue weighted by Crippen LogP contribution is 2.13. The third-order valence-electron chi connectivity index (χ3n) is 2.08. The molecule has 0 saturated heterocycles. The molecule has 0 saturated carbocycles. The van der Waals surface area contributed by atoms with Crippen LogP contribution < -0.4 is 11.1 Å². The van der Waals surface area contributed by atoms with E-state index in [2.05, 4.69) is 5.32 Å². The number of amides is 2. The molecule has 0 heterocycles. The van der Waals surface area contributed by atoms with Crippen molar-refractivity contribution < 1.29 is 18.1 Å². The Labute approximate surface area is 104 Å². The van der Waals surface area contributed by atoms with Crippen LogP contribution in [0.2, 0.25) is 6.55 Å². The molecule has 3 N–H and O–H groups in total. The fourth-order valence-corrected chi connectivity index (χ4v) is 3.57. The Bertz CT molecular complexity index is 222. The Morgan fingerprint density at radius 3 is 2.29 bits per heavy atom. The minimum Gasteiger partial charge on any atom is -0.374 e. The lowest BCUT2D eigenvalue weighted by atomic mass is 10.3. The smallest absolute Gasteiger partial charge is 0.374 e. The van der Waals surface area contributed by atoms with Gasteiger partial charge in [0.15, 0.2) is 0 Å². The van der Waals surface area contributed by atoms with E-state index < -0.39 is 14.8 Å². The largest absolute Gasteiger partial charge is 0.497 e. The number of nitrogens with one attached hydrogen (secondary N) is 1. The highest BCUT2D eigenvalue weighted by Gasteiger charge is 2.35. The van der Waals surface area contributed by atoms with Gasteiger partial charge in [0.1, 0.15) is 0 Å². The number of urea groups is 1. The summed E-state index contributed by atoms with van der Waals surface area (Å²) in [6.07, 6.45) is 0.628. The fourth-order valence-electron chi connectivity index (χ4n) is 1.46. The standard InChI is InChI=1S/C10H24N2O4Si/c1-5-14-17(4,15-6-2)16-9(3)7-8-12-10(11)13/h9H,5-8H2,1-4H3,(H3,11,12,13). The normalized spacial score (nSPS) is 13.4. The lowest BCUT2D eigenvalue weighted by Crippen LogP contribution is -2.45. The molecular formula is C10H24N2O4Si. The third-order valence-corrected chi connectivity index (χ3v) is 4.54. The SMILES string of the molecule is CCO[Si](C)(OCC)OC(C)CCNC(N)=O. The molecule has 17 heavy (non-hydrogen) atoms. The highest BCUT2D eigenvalue weighted by molar-refractivity contribution is 6.59. The maximum absolute atomic E-state index is 10.5. The number of carbonyl (C=O) groups excluding carboxylic acids is 1. The second-order valence-electron chi connectivity index (χ2n) is 3.74. The summed E-state index contributed by atoms with van der Waals surface area (Å²) >= 11 is 0. The van der Waals surface area contributed by atoms with Crippen molar-refractivity contribution in [1.29, 1.82) is 0 Å². The number of rotatable bonds is 9. The van der Waals surface area contributed by atoms with Gasteiger partial charge in [-0.05, 0) is 27.2 Å². The summed E-state index contributed by atoms with van der Waals surface area (Å²) in [7, 11) is -2.53. The molecule has 0 aromatic carbocycles. The Hall–Kier alpha value is -0.633. The van der Waals surface area contributed by atoms with Gasteiger partial charge in [-0.1, -0.05) is 0 Å². The average molecular weight is 264 g/mol. The van der Waals surface area contributed by atoms with Gasteiger partial charge in [-0.2, -0.15) is 0 Å². The van der Waals surface area contributed by atoms with Crippen LogP contribution in [0.3, 0.4) is 0 Å². The number of nitrogens with two attached hydrogens (primary N) is 1. The minimum absolute atomic E-state index is 0.0448. The molecule has 0 radical (unpaired) electrons. The first-order chi connectivity index (χ1) is 7.93. The van der Waals surface area contributed by atoms with Crippen molar-refractivity contribution in [2.75, 3.05) is 19.8 Å². The summed E-state index contributed by atoms with van der Waals surface area (Å²) in [6.45, 7) is 9.23. The highest BCUT2D eigenvalue weighted by atomic mass is 28.4. The van der Waals surface area contributed by atoms with E-state index in [1.807, 2.05) is 27.3 Å². The van der Waals surface area contributed by atoms with E-state index in [-0.39, 0.29) is 6.10 Å². The maximum atomic E-state index is 10.5. The molecule has 0 aliphatic heterocycles. The second-order valence-corrected chi connectivity index (χ2v) is 6.27. The first-order valence-corrected chi connectivity index (χ1v) is 8.15. The Morgan fingerprint density at radius 2 is 1.88 bits per heavy atom. The molecule has 7 heteroatoms. The van der Waals surface area contributed by atoms with Crippen molar-refractivity contribution >= 4 is 14.8 Å². The zero-order valence-electron chi connectivity index (χ0n) is 11.1. The van der Waals surface area contributed by atoms with E-state index in [1.54, 1.807) is 0 Å². The lowest BCUT2D eigenvalue weighted by molar-refractivity contribution is 0.0420. The monoisotopic (exact) mass is 264 g/mol. The molecular weight excluding hydrogens is 240 g/mol. The fraction of sp³-hybridized carbons (Fsp3) is 0.900. The summed E-state index contributed by atoms with van der Waals surface area (Å²) in [5, 5.41) is 2.52. The summed E-state index contributed by atoms with van der Waals surface area (Å²) in [5.41, 5.74) is 4.97. The summed E-state index contributed by atoms with van der Waals surface area (Å²) in [4.78, 5) is 10.5. The summed E-state index contributed by atoms with van der Waals surface area (Å²) in [5.74, 6) is 0. The van der Waals surface area contributed by atoms with Crippen LogP contribution in [-0.2, 0) is 13.3 Å². The molecule has 6 nitrogen and oxygen atoms in total. The summed E-state index contributed by atoms with van der Waals surface area (Å²) in [6, 6.07) is -0.521. The molecule has 0 aliphatic carbocycles. The topological polar surface area (TPSA) is 82.8 Å². The molecule has 2 amide bonds. The Morgan fingerprint density at radius 1 is 1.35 bits per heavy atom. The van der Waals surface area contributed by atoms with Crippen LogP contribution in [0.25, 0.3) is 0 Å². The van der Waals surface area contributed by atoms with Crippen molar-refractivity contribution in [3.63, 3.8) is 0 Å². The van der Waals surface area contributed by atoms with E-state index in [0.29, 0.717) is 26.2 Å². The molecule has 0 rings (SSSR count). The Balaban J connectivity index is 4.02. The van der Waals surface area contributed by atoms with Gasteiger partial charge >= 0.3 is 14.8 Å². The van der Waals surface area contributed by atoms with Crippen molar-refractivity contribution in [2.24, 2.45) is 5.73 Å². The molecule has 1 atom stereocenters. The van der Waals surface area contributed by atoms with Gasteiger partial charge in [-0.3, -0.25) is 0 Å². The molecule has 0 spiro atoms. The van der Waals surface area contributed by atoms with Gasteiger partial charge < -0.3 is 24.3 Å². The van der Waals surface area contributed by atoms with Gasteiger partial charge in [-0.25, -0.2) is 4.79 Å². The minimum atomic E-state index is -2.53. The maximum Gasteiger partial charge on any atom is 0.497 e. The number of primary amides is 1. The van der Waals surface area contributed by atoms with Crippen LogP contribution in [0, 0.1) is 0 Å². The second kappa shape index (κ2) is 8.46. The lowest BCUT2D eigenvalue weighted by Gasteiger charge is -2.28. The average Bonchev–Trinajstić information content (AvgIpc) is 2.16. The van der Waals surface area contributed by atoms with Crippen molar-refractivity contribution in [3.05, 3.63) is 0 Å². The van der Waals surface area contributed by atoms with Crippen LogP contribution in [0.5, 0.6) is 0 Å². The first kappa shape index (κ1) is 16.4. The van der Waals surface area contributed by atoms with E-state index in [9.17, 15) is 4.79 Å². The number of hydrogen-bond acceptors (Lipinski definition) is 4. The third kappa shape index (κ3) is 8.14. The molecule has 102 valence electrons. The quantitative estimate of drug-likeness (QED) is 0.611. The molecule has 0 bridgehead atoms. The zero-order valence-corrected chi connectivity index (χ0v) is 12.1. The van der Waals surface area contributed by atoms with Crippen molar-refractivity contribution in [2.45, 2.75) is 39.8 Å². The number of carbonyl (C=O) groups is 1. The van der Waals surface area contributed by atoms with Crippen LogP contribution in [-0.4, -0.2) is 40.7 Å². The van der Waals surface area contributed by atoms with Crippen molar-refractivity contribution in [1.82, 2.24) is 5.32 Å². The van der Waals surface area contributed by atoms with Gasteiger partial charge in [0.2, 0.25) is 0 Å². The predicted octanol–water partition coefficient (Wildman–Crippen LogP) is 1.09. The van der Waals surface area contributed by atoms with E-state index in [1.165, 1.54) is 0 Å². The first-order valence-electron chi connectivity index (χ1n) is 5.92. The number of hydrogen-bond donors (Lipinski definition) is 2. The van der Waals surface area contributed by atoms with Crippen LogP contribution >= 0.6 is 0 Å². The van der Waals surface area contributed by atoms with Crippen molar-refractivity contribution in [3.8, 4) is 0 Å². The van der Waals surface area contributed by atoms with E-state index in [0.717, 1.165) is 0 Å². The van der Waals surface area contributed by atoms with E-state index >= 15 is 0 Å². The van der Waals surface area contributed by atoms with Crippen LogP contribution in [0.4, 0.5) is 4.79 Å². The summed E-state index contributed by atoms with van der Waals surface area (Å²) < 4.78 is 16.9. The Kier molecular flexibility index (Phi) is 8.14. The molecule has 0 aliphatic rings. The van der Waals surface area contributed by atoms with Crippen LogP contribution in [0.1, 0.15) is 27.2 Å². The predicted molar refractivity (Wildman–Crippen MR) is 67.6 cm³/mol. The molecule has 1 unspecified atom stereocenters.